The average Bonchev–Trinajstić information content (AvgIpc) is 3.40. The summed E-state index contributed by atoms with van der Waals surface area (Å²) in [6.45, 7) is 11.9. The third-order valence-electron chi connectivity index (χ3n) is 10.8. The van der Waals surface area contributed by atoms with Gasteiger partial charge in [0.05, 0.1) is 29.4 Å². The van der Waals surface area contributed by atoms with Crippen LogP contribution in [0.3, 0.4) is 0 Å². The smallest absolute Gasteiger partial charge is 0.424 e. The molecule has 0 aromatic heterocycles. The molecule has 51 heavy (non-hydrogen) atoms. The maximum Gasteiger partial charge on any atom is 0.424 e. The van der Waals surface area contributed by atoms with Crippen molar-refractivity contribution in [3.63, 3.8) is 0 Å². The molecule has 1 aromatic rings. The minimum atomic E-state index is -1.32. The number of Topliss-reactive ketones (excluding diaryl/α,β-unsaturated/α-hetero) is 2. The van der Waals surface area contributed by atoms with Gasteiger partial charge in [-0.15, -0.1) is 0 Å². The van der Waals surface area contributed by atoms with Gasteiger partial charge in [0.1, 0.15) is 23.8 Å². The van der Waals surface area contributed by atoms with Crippen molar-refractivity contribution >= 4 is 29.6 Å². The van der Waals surface area contributed by atoms with E-state index in [9.17, 15) is 24.0 Å². The molecule has 8 unspecified atom stereocenters. The van der Waals surface area contributed by atoms with Gasteiger partial charge in [0.15, 0.2) is 24.3 Å². The normalized spacial score (nSPS) is 38.5. The van der Waals surface area contributed by atoms with Crippen molar-refractivity contribution in [3.8, 4) is 0 Å². The first-order valence-electron chi connectivity index (χ1n) is 17.8. The molecule has 284 valence electrons. The van der Waals surface area contributed by atoms with E-state index in [1.807, 2.05) is 25.9 Å². The summed E-state index contributed by atoms with van der Waals surface area (Å²) in [5, 5.41) is 0.875. The molecule has 14 nitrogen and oxygen atoms in total. The number of amides is 1. The Morgan fingerprint density at radius 1 is 1.00 bits per heavy atom. The van der Waals surface area contributed by atoms with Crippen LogP contribution in [0.4, 0.5) is 4.79 Å². The standard InChI is InChI=1S/C37H55N3O11/c1-11-26-31-27(40(38)36(45)50-31)21(4)28(41)19(2)18-37(7,46-10)32(22(5)29(42)23(6)33(43)48-26)51-35-30(25(39(8)9)17-20(3)47-35)49-34(44)24-15-13-12-14-16-24/h12-16,19-23,25-27,30-32,35H,11,17-18,38H2,1-10H3/t19-,20?,21-,22?,23?,25?,26?,27?,30-,31?,32-,35?,37+/m1/s1. The maximum absolute atomic E-state index is 14.2. The largest absolute Gasteiger partial charge is 0.458 e. The van der Waals surface area contributed by atoms with Gasteiger partial charge in [0.2, 0.25) is 0 Å². The summed E-state index contributed by atoms with van der Waals surface area (Å²) in [4.78, 5) is 70.0. The number of cyclic esters (lactones) is 1. The zero-order chi connectivity index (χ0) is 37.9. The van der Waals surface area contributed by atoms with E-state index in [0.29, 0.717) is 12.0 Å². The number of ether oxygens (including phenoxy) is 6. The van der Waals surface area contributed by atoms with E-state index in [0.717, 1.165) is 5.01 Å². The second-order valence-electron chi connectivity index (χ2n) is 14.7. The molecule has 1 aromatic carbocycles. The minimum absolute atomic E-state index is 0.0790. The van der Waals surface area contributed by atoms with Crippen LogP contribution in [-0.2, 0) is 42.8 Å². The molecular weight excluding hydrogens is 662 g/mol. The molecule has 3 aliphatic rings. The highest BCUT2D eigenvalue weighted by Crippen LogP contribution is 2.39. The number of esters is 2. The first-order chi connectivity index (χ1) is 23.9. The zero-order valence-corrected chi connectivity index (χ0v) is 31.4. The number of likely N-dealkylation sites (N-methyl/N-ethyl adjacent to an activating group) is 1. The van der Waals surface area contributed by atoms with Crippen molar-refractivity contribution in [1.29, 1.82) is 0 Å². The van der Waals surface area contributed by atoms with Gasteiger partial charge in [-0.1, -0.05) is 45.9 Å². The minimum Gasteiger partial charge on any atom is -0.458 e. The number of nitrogens with two attached hydrogens (primary N) is 1. The molecule has 0 bridgehead atoms. The number of rotatable bonds is 7. The molecule has 3 saturated heterocycles. The van der Waals surface area contributed by atoms with E-state index in [2.05, 4.69) is 0 Å². The number of hydrazine groups is 1. The van der Waals surface area contributed by atoms with Gasteiger partial charge in [-0.3, -0.25) is 14.4 Å². The highest BCUT2D eigenvalue weighted by molar-refractivity contribution is 6.00. The monoisotopic (exact) mass is 717 g/mol. The van der Waals surface area contributed by atoms with Crippen molar-refractivity contribution in [3.05, 3.63) is 35.9 Å². The number of ketones is 2. The molecule has 3 fully saturated rings. The lowest BCUT2D eigenvalue weighted by molar-refractivity contribution is -0.294. The zero-order valence-electron chi connectivity index (χ0n) is 31.4. The number of fused-ring (bicyclic) bond motifs is 1. The van der Waals surface area contributed by atoms with Crippen LogP contribution >= 0.6 is 0 Å². The lowest BCUT2D eigenvalue weighted by atomic mass is 9.75. The Labute approximate surface area is 300 Å². The number of carbonyl (C=O) groups is 5. The van der Waals surface area contributed by atoms with Gasteiger partial charge in [-0.2, -0.15) is 0 Å². The fourth-order valence-corrected chi connectivity index (χ4v) is 7.75. The molecule has 14 heteroatoms. The molecule has 0 aliphatic carbocycles. The van der Waals surface area contributed by atoms with Gasteiger partial charge in [-0.25, -0.2) is 20.4 Å². The van der Waals surface area contributed by atoms with E-state index in [1.165, 1.54) is 14.0 Å². The van der Waals surface area contributed by atoms with E-state index in [1.54, 1.807) is 65.0 Å². The molecule has 1 amide bonds. The second-order valence-corrected chi connectivity index (χ2v) is 14.7. The highest BCUT2D eigenvalue weighted by atomic mass is 16.7. The van der Waals surface area contributed by atoms with Crippen LogP contribution in [-0.4, -0.2) is 115 Å². The van der Waals surface area contributed by atoms with Crippen LogP contribution in [0.25, 0.3) is 0 Å². The lowest BCUT2D eigenvalue weighted by Crippen LogP contribution is -2.60. The molecule has 3 heterocycles. The van der Waals surface area contributed by atoms with Gasteiger partial charge in [0.25, 0.3) is 0 Å². The highest BCUT2D eigenvalue weighted by Gasteiger charge is 2.54. The topological polar surface area (TPSA) is 173 Å². The predicted molar refractivity (Wildman–Crippen MR) is 184 cm³/mol. The third kappa shape index (κ3) is 8.46. The van der Waals surface area contributed by atoms with Crippen molar-refractivity contribution in [1.82, 2.24) is 9.91 Å². The Bertz CT molecular complexity index is 1430. The SMILES string of the molecule is CCC1OC(=O)C(C)C(=O)C(C)[C@@H](OC2OC(C)CC(N(C)C)[C@H]2OC(=O)c2ccccc2)[C@@](C)(OC)C[C@@H](C)C(=O)[C@H](C)C2C1OC(=O)N2N. The van der Waals surface area contributed by atoms with Gasteiger partial charge in [-0.05, 0) is 66.3 Å². The van der Waals surface area contributed by atoms with E-state index < -0.39 is 89.8 Å². The maximum atomic E-state index is 14.2. The number of benzene rings is 1. The quantitative estimate of drug-likeness (QED) is 0.143. The van der Waals surface area contributed by atoms with Crippen LogP contribution in [0.2, 0.25) is 0 Å². The molecule has 0 radical (unpaired) electrons. The first-order valence-corrected chi connectivity index (χ1v) is 17.8. The molecule has 0 spiro atoms. The Morgan fingerprint density at radius 2 is 1.65 bits per heavy atom. The van der Waals surface area contributed by atoms with Gasteiger partial charge >= 0.3 is 18.0 Å². The molecule has 4 rings (SSSR count). The van der Waals surface area contributed by atoms with Crippen LogP contribution < -0.4 is 5.84 Å². The predicted octanol–water partition coefficient (Wildman–Crippen LogP) is 3.54. The van der Waals surface area contributed by atoms with Crippen molar-refractivity contribution < 1.29 is 52.4 Å². The summed E-state index contributed by atoms with van der Waals surface area (Å²) in [5.41, 5.74) is -0.971. The van der Waals surface area contributed by atoms with E-state index >= 15 is 0 Å². The number of hydrogen-bond donors (Lipinski definition) is 1. The number of hydrogen-bond acceptors (Lipinski definition) is 13. The summed E-state index contributed by atoms with van der Waals surface area (Å²) in [7, 11) is 5.20. The summed E-state index contributed by atoms with van der Waals surface area (Å²) in [5.74, 6) is 0.248. The van der Waals surface area contributed by atoms with Gasteiger partial charge < -0.3 is 33.3 Å². The van der Waals surface area contributed by atoms with Crippen LogP contribution in [0, 0.1) is 23.7 Å². The number of methoxy groups -OCH3 is 1. The van der Waals surface area contributed by atoms with E-state index in [4.69, 9.17) is 34.3 Å². The Morgan fingerprint density at radius 3 is 2.24 bits per heavy atom. The molecule has 2 N–H and O–H groups in total. The van der Waals surface area contributed by atoms with Crippen molar-refractivity contribution in [2.24, 2.45) is 29.5 Å². The summed E-state index contributed by atoms with van der Waals surface area (Å²) in [6.07, 6.45) is -5.51. The summed E-state index contributed by atoms with van der Waals surface area (Å²) in [6, 6.07) is 7.32. The number of carbonyl (C=O) groups excluding carboxylic acids is 5. The molecular formula is C37H55N3O11. The fourth-order valence-electron chi connectivity index (χ4n) is 7.75. The van der Waals surface area contributed by atoms with Crippen molar-refractivity contribution in [2.75, 3.05) is 21.2 Å². The Hall–Kier alpha value is -3.43. The number of nitrogens with zero attached hydrogens (tertiary/aromatic N) is 2. The van der Waals surface area contributed by atoms with E-state index in [-0.39, 0.29) is 30.8 Å². The average molecular weight is 718 g/mol. The molecule has 13 atom stereocenters. The van der Waals surface area contributed by atoms with Gasteiger partial charge in [0, 0.05) is 24.9 Å². The Balaban J connectivity index is 1.78. The van der Waals surface area contributed by atoms with Crippen LogP contribution in [0.1, 0.15) is 78.1 Å². The Kier molecular flexibility index (Phi) is 13.0. The summed E-state index contributed by atoms with van der Waals surface area (Å²) < 4.78 is 36.8. The third-order valence-corrected chi connectivity index (χ3v) is 10.8. The summed E-state index contributed by atoms with van der Waals surface area (Å²) >= 11 is 0. The van der Waals surface area contributed by atoms with Crippen molar-refractivity contribution in [2.45, 2.75) is 122 Å². The fraction of sp³-hybridized carbons (Fsp3) is 0.703. The lowest BCUT2D eigenvalue weighted by Gasteiger charge is -2.47. The second kappa shape index (κ2) is 16.5. The van der Waals surface area contributed by atoms with Crippen LogP contribution in [0.15, 0.2) is 30.3 Å². The van der Waals surface area contributed by atoms with Crippen LogP contribution in [0.5, 0.6) is 0 Å². The molecule has 0 saturated carbocycles. The first kappa shape index (κ1) is 40.3. The molecule has 3 aliphatic heterocycles.